The normalized spacial score (nSPS) is 13.0. The van der Waals surface area contributed by atoms with E-state index in [1.807, 2.05) is 0 Å². The zero-order valence-corrected chi connectivity index (χ0v) is 16.5. The van der Waals surface area contributed by atoms with E-state index < -0.39 is 0 Å². The Labute approximate surface area is 142 Å². The first-order chi connectivity index (χ1) is 10.7. The Morgan fingerprint density at radius 2 is 0.818 bits per heavy atom. The molecule has 0 nitrogen and oxygen atoms in total. The van der Waals surface area contributed by atoms with Gasteiger partial charge in [-0.3, -0.25) is 0 Å². The Kier molecular flexibility index (Phi) is 17.4. The number of rotatable bonds is 17. The molecule has 1 atom stereocenters. The van der Waals surface area contributed by atoms with E-state index in [1.54, 1.807) is 0 Å². The summed E-state index contributed by atoms with van der Waals surface area (Å²) in [5.74, 6) is 1.88. The summed E-state index contributed by atoms with van der Waals surface area (Å²) in [6, 6.07) is 0. The first kappa shape index (κ1) is 22.0. The molecule has 0 aliphatic rings. The molecule has 0 saturated carbocycles. The van der Waals surface area contributed by atoms with Crippen molar-refractivity contribution in [3.05, 3.63) is 0 Å². The van der Waals surface area contributed by atoms with Gasteiger partial charge in [-0.05, 0) is 11.8 Å². The SMILES string of the molecule is CCCCCCCCCCCCCCC(CCCC)C(C)C. The summed E-state index contributed by atoms with van der Waals surface area (Å²) in [5, 5.41) is 0. The van der Waals surface area contributed by atoms with Crippen molar-refractivity contribution in [3.8, 4) is 0 Å². The number of unbranched alkanes of at least 4 members (excludes halogenated alkanes) is 12. The van der Waals surface area contributed by atoms with Crippen LogP contribution in [0.5, 0.6) is 0 Å². The van der Waals surface area contributed by atoms with Crippen molar-refractivity contribution in [2.75, 3.05) is 0 Å². The fraction of sp³-hybridized carbons (Fsp3) is 1.00. The molecule has 0 fully saturated rings. The number of hydrogen-bond acceptors (Lipinski definition) is 0. The lowest BCUT2D eigenvalue weighted by molar-refractivity contribution is 0.316. The molecule has 0 saturated heterocycles. The maximum Gasteiger partial charge on any atom is -0.0391 e. The largest absolute Gasteiger partial charge is 0.0654 e. The lowest BCUT2D eigenvalue weighted by Crippen LogP contribution is -2.08. The second kappa shape index (κ2) is 17.4. The predicted octanol–water partition coefficient (Wildman–Crippen LogP) is 8.54. The lowest BCUT2D eigenvalue weighted by atomic mass is 9.86. The van der Waals surface area contributed by atoms with Crippen LogP contribution in [0.2, 0.25) is 0 Å². The Bertz CT molecular complexity index is 194. The molecule has 0 aromatic rings. The van der Waals surface area contributed by atoms with E-state index in [1.165, 1.54) is 103 Å². The molecule has 0 bridgehead atoms. The van der Waals surface area contributed by atoms with E-state index >= 15 is 0 Å². The smallest absolute Gasteiger partial charge is 0.0391 e. The van der Waals surface area contributed by atoms with Crippen LogP contribution in [0.15, 0.2) is 0 Å². The van der Waals surface area contributed by atoms with Gasteiger partial charge < -0.3 is 0 Å². The van der Waals surface area contributed by atoms with Gasteiger partial charge in [0.1, 0.15) is 0 Å². The Hall–Kier alpha value is 0. The summed E-state index contributed by atoms with van der Waals surface area (Å²) in [7, 11) is 0. The van der Waals surface area contributed by atoms with E-state index in [-0.39, 0.29) is 0 Å². The van der Waals surface area contributed by atoms with Gasteiger partial charge in [0.05, 0.1) is 0 Å². The number of hydrogen-bond donors (Lipinski definition) is 0. The van der Waals surface area contributed by atoms with Crippen molar-refractivity contribution < 1.29 is 0 Å². The summed E-state index contributed by atoms with van der Waals surface area (Å²) < 4.78 is 0. The first-order valence-electron chi connectivity index (χ1n) is 10.7. The van der Waals surface area contributed by atoms with Crippen LogP contribution in [-0.4, -0.2) is 0 Å². The Morgan fingerprint density at radius 3 is 1.23 bits per heavy atom. The van der Waals surface area contributed by atoms with Gasteiger partial charge in [-0.25, -0.2) is 0 Å². The van der Waals surface area contributed by atoms with Gasteiger partial charge in [-0.2, -0.15) is 0 Å². The molecule has 134 valence electrons. The Balaban J connectivity index is 3.27. The molecule has 0 amide bonds. The van der Waals surface area contributed by atoms with Crippen LogP contribution in [-0.2, 0) is 0 Å². The van der Waals surface area contributed by atoms with E-state index in [0.29, 0.717) is 0 Å². The van der Waals surface area contributed by atoms with Gasteiger partial charge >= 0.3 is 0 Å². The molecule has 0 radical (unpaired) electrons. The molecule has 0 aliphatic carbocycles. The van der Waals surface area contributed by atoms with Gasteiger partial charge in [0.2, 0.25) is 0 Å². The highest BCUT2D eigenvalue weighted by Gasteiger charge is 2.11. The van der Waals surface area contributed by atoms with Gasteiger partial charge in [-0.15, -0.1) is 0 Å². The Morgan fingerprint density at radius 1 is 0.455 bits per heavy atom. The molecule has 0 aromatic heterocycles. The molecule has 1 unspecified atom stereocenters. The van der Waals surface area contributed by atoms with Crippen molar-refractivity contribution in [2.45, 2.75) is 130 Å². The van der Waals surface area contributed by atoms with E-state index in [2.05, 4.69) is 27.7 Å². The highest BCUT2D eigenvalue weighted by Crippen LogP contribution is 2.24. The lowest BCUT2D eigenvalue weighted by Gasteiger charge is -2.20. The summed E-state index contributed by atoms with van der Waals surface area (Å²) in [6.07, 6.45) is 23.3. The van der Waals surface area contributed by atoms with Crippen molar-refractivity contribution in [1.82, 2.24) is 0 Å². The van der Waals surface area contributed by atoms with Gasteiger partial charge in [0, 0.05) is 0 Å². The van der Waals surface area contributed by atoms with Crippen LogP contribution >= 0.6 is 0 Å². The van der Waals surface area contributed by atoms with E-state index in [4.69, 9.17) is 0 Å². The van der Waals surface area contributed by atoms with Crippen LogP contribution in [0.25, 0.3) is 0 Å². The second-order valence-corrected chi connectivity index (χ2v) is 7.82. The molecule has 0 aliphatic heterocycles. The summed E-state index contributed by atoms with van der Waals surface area (Å²) in [4.78, 5) is 0. The third-order valence-electron chi connectivity index (χ3n) is 5.30. The summed E-state index contributed by atoms with van der Waals surface area (Å²) >= 11 is 0. The molecule has 0 rings (SSSR count). The van der Waals surface area contributed by atoms with Gasteiger partial charge in [0.25, 0.3) is 0 Å². The average molecular weight is 311 g/mol. The van der Waals surface area contributed by atoms with Gasteiger partial charge in [0.15, 0.2) is 0 Å². The molecule has 0 spiro atoms. The van der Waals surface area contributed by atoms with Crippen molar-refractivity contribution in [3.63, 3.8) is 0 Å². The zero-order valence-electron chi connectivity index (χ0n) is 16.5. The van der Waals surface area contributed by atoms with Crippen LogP contribution in [0, 0.1) is 11.8 Å². The highest BCUT2D eigenvalue weighted by molar-refractivity contribution is 4.63. The van der Waals surface area contributed by atoms with E-state index in [9.17, 15) is 0 Å². The minimum Gasteiger partial charge on any atom is -0.0654 e. The van der Waals surface area contributed by atoms with Crippen molar-refractivity contribution in [2.24, 2.45) is 11.8 Å². The van der Waals surface area contributed by atoms with Gasteiger partial charge in [-0.1, -0.05) is 130 Å². The maximum atomic E-state index is 2.42. The maximum absolute atomic E-state index is 2.42. The predicted molar refractivity (Wildman–Crippen MR) is 104 cm³/mol. The van der Waals surface area contributed by atoms with Crippen LogP contribution in [0.4, 0.5) is 0 Å². The zero-order chi connectivity index (χ0) is 16.5. The molecule has 22 heavy (non-hydrogen) atoms. The highest BCUT2D eigenvalue weighted by atomic mass is 14.2. The quantitative estimate of drug-likeness (QED) is 0.236. The minimum atomic E-state index is 0.888. The molecular weight excluding hydrogens is 264 g/mol. The summed E-state index contributed by atoms with van der Waals surface area (Å²) in [6.45, 7) is 9.45. The molecular formula is C22H46. The monoisotopic (exact) mass is 310 g/mol. The first-order valence-corrected chi connectivity index (χ1v) is 10.7. The molecule has 0 heteroatoms. The van der Waals surface area contributed by atoms with Crippen LogP contribution in [0.1, 0.15) is 130 Å². The van der Waals surface area contributed by atoms with Crippen molar-refractivity contribution >= 4 is 0 Å². The van der Waals surface area contributed by atoms with Crippen molar-refractivity contribution in [1.29, 1.82) is 0 Å². The fourth-order valence-electron chi connectivity index (χ4n) is 3.52. The molecule has 0 N–H and O–H groups in total. The topological polar surface area (TPSA) is 0 Å². The molecule has 0 aromatic carbocycles. The second-order valence-electron chi connectivity index (χ2n) is 7.82. The van der Waals surface area contributed by atoms with Crippen LogP contribution < -0.4 is 0 Å². The standard InChI is InChI=1S/C22H46/c1-5-7-9-10-11-12-13-14-15-16-17-18-20-22(21(3)4)19-8-6-2/h21-22H,5-20H2,1-4H3. The fourth-order valence-corrected chi connectivity index (χ4v) is 3.52. The third-order valence-corrected chi connectivity index (χ3v) is 5.30. The third kappa shape index (κ3) is 14.9. The van der Waals surface area contributed by atoms with Crippen LogP contribution in [0.3, 0.4) is 0 Å². The average Bonchev–Trinajstić information content (AvgIpc) is 2.51. The summed E-state index contributed by atoms with van der Waals surface area (Å²) in [5.41, 5.74) is 0. The van der Waals surface area contributed by atoms with E-state index in [0.717, 1.165) is 11.8 Å². The molecule has 0 heterocycles. The minimum absolute atomic E-state index is 0.888.